The van der Waals surface area contributed by atoms with Crippen LogP contribution < -0.4 is 4.74 Å². The molecule has 0 amide bonds. The highest BCUT2D eigenvalue weighted by Crippen LogP contribution is 2.12. The van der Waals surface area contributed by atoms with E-state index in [0.717, 1.165) is 30.0 Å². The SMILES string of the molecule is CCc1ccc(OCCOCCc2cc(C)on2)cc1. The Morgan fingerprint density at radius 1 is 1.10 bits per heavy atom. The minimum atomic E-state index is 0.559. The van der Waals surface area contributed by atoms with E-state index in [1.165, 1.54) is 5.56 Å². The third-order valence-corrected chi connectivity index (χ3v) is 3.01. The number of aromatic nitrogens is 1. The second kappa shape index (κ2) is 7.70. The lowest BCUT2D eigenvalue weighted by Crippen LogP contribution is -2.08. The third-order valence-electron chi connectivity index (χ3n) is 3.01. The van der Waals surface area contributed by atoms with Crippen molar-refractivity contribution in [3.8, 4) is 5.75 Å². The van der Waals surface area contributed by atoms with E-state index < -0.39 is 0 Å². The van der Waals surface area contributed by atoms with Gasteiger partial charge in [0.05, 0.1) is 18.9 Å². The maximum absolute atomic E-state index is 5.60. The molecule has 20 heavy (non-hydrogen) atoms. The summed E-state index contributed by atoms with van der Waals surface area (Å²) in [4.78, 5) is 0. The first kappa shape index (κ1) is 14.6. The molecule has 1 heterocycles. The molecule has 2 aromatic rings. The van der Waals surface area contributed by atoms with Crippen molar-refractivity contribution in [1.82, 2.24) is 5.16 Å². The van der Waals surface area contributed by atoms with Crippen LogP contribution >= 0.6 is 0 Å². The summed E-state index contributed by atoms with van der Waals surface area (Å²) in [5.74, 6) is 1.72. The van der Waals surface area contributed by atoms with E-state index in [-0.39, 0.29) is 0 Å². The van der Waals surface area contributed by atoms with Crippen molar-refractivity contribution in [2.24, 2.45) is 0 Å². The van der Waals surface area contributed by atoms with Crippen molar-refractivity contribution < 1.29 is 14.0 Å². The lowest BCUT2D eigenvalue weighted by Gasteiger charge is -2.07. The standard InChI is InChI=1S/C16H21NO3/c1-3-14-4-6-16(7-5-14)19-11-10-18-9-8-15-12-13(2)20-17-15/h4-7,12H,3,8-11H2,1-2H3. The van der Waals surface area contributed by atoms with Gasteiger partial charge in [-0.05, 0) is 31.0 Å². The summed E-state index contributed by atoms with van der Waals surface area (Å²) < 4.78 is 16.1. The Morgan fingerprint density at radius 3 is 2.55 bits per heavy atom. The molecule has 1 aromatic carbocycles. The Kier molecular flexibility index (Phi) is 5.62. The van der Waals surface area contributed by atoms with Crippen LogP contribution in [0.5, 0.6) is 5.75 Å². The molecule has 0 unspecified atom stereocenters. The zero-order chi connectivity index (χ0) is 14.2. The number of hydrogen-bond acceptors (Lipinski definition) is 4. The van der Waals surface area contributed by atoms with E-state index in [9.17, 15) is 0 Å². The monoisotopic (exact) mass is 275 g/mol. The summed E-state index contributed by atoms with van der Waals surface area (Å²) in [6.07, 6.45) is 1.81. The number of hydrogen-bond donors (Lipinski definition) is 0. The molecule has 4 nitrogen and oxygen atoms in total. The lowest BCUT2D eigenvalue weighted by molar-refractivity contribution is 0.102. The van der Waals surface area contributed by atoms with Gasteiger partial charge in [0.25, 0.3) is 0 Å². The number of nitrogens with zero attached hydrogens (tertiary/aromatic N) is 1. The average molecular weight is 275 g/mol. The fourth-order valence-electron chi connectivity index (χ4n) is 1.85. The van der Waals surface area contributed by atoms with E-state index in [4.69, 9.17) is 14.0 Å². The van der Waals surface area contributed by atoms with E-state index in [1.54, 1.807) is 0 Å². The van der Waals surface area contributed by atoms with Gasteiger partial charge in [0.1, 0.15) is 18.1 Å². The molecule has 0 saturated heterocycles. The van der Waals surface area contributed by atoms with Gasteiger partial charge in [0.2, 0.25) is 0 Å². The molecule has 0 aliphatic carbocycles. The van der Waals surface area contributed by atoms with Crippen LogP contribution in [0.25, 0.3) is 0 Å². The topological polar surface area (TPSA) is 44.5 Å². The minimum absolute atomic E-state index is 0.559. The van der Waals surface area contributed by atoms with Crippen LogP contribution in [0, 0.1) is 6.92 Å². The normalized spacial score (nSPS) is 10.7. The van der Waals surface area contributed by atoms with Gasteiger partial charge in [-0.25, -0.2) is 0 Å². The van der Waals surface area contributed by atoms with Crippen molar-refractivity contribution >= 4 is 0 Å². The lowest BCUT2D eigenvalue weighted by atomic mass is 10.2. The quantitative estimate of drug-likeness (QED) is 0.694. The number of ether oxygens (including phenoxy) is 2. The fraction of sp³-hybridized carbons (Fsp3) is 0.438. The molecule has 0 radical (unpaired) electrons. The number of aryl methyl sites for hydroxylation is 2. The molecule has 4 heteroatoms. The van der Waals surface area contributed by atoms with Crippen LogP contribution in [-0.2, 0) is 17.6 Å². The van der Waals surface area contributed by atoms with Crippen molar-refractivity contribution in [1.29, 1.82) is 0 Å². The highest BCUT2D eigenvalue weighted by molar-refractivity contribution is 5.27. The zero-order valence-corrected chi connectivity index (χ0v) is 12.1. The van der Waals surface area contributed by atoms with Crippen LogP contribution in [0.3, 0.4) is 0 Å². The Bertz CT molecular complexity index is 505. The summed E-state index contributed by atoms with van der Waals surface area (Å²) in [5, 5.41) is 3.91. The Morgan fingerprint density at radius 2 is 1.90 bits per heavy atom. The van der Waals surface area contributed by atoms with Gasteiger partial charge >= 0.3 is 0 Å². The van der Waals surface area contributed by atoms with Gasteiger partial charge in [-0.15, -0.1) is 0 Å². The second-order valence-corrected chi connectivity index (χ2v) is 4.64. The van der Waals surface area contributed by atoms with Crippen molar-refractivity contribution in [2.75, 3.05) is 19.8 Å². The first-order chi connectivity index (χ1) is 9.78. The molecule has 0 saturated carbocycles. The van der Waals surface area contributed by atoms with Gasteiger partial charge in [-0.2, -0.15) is 0 Å². The molecule has 108 valence electrons. The summed E-state index contributed by atoms with van der Waals surface area (Å²) >= 11 is 0. The van der Waals surface area contributed by atoms with Crippen LogP contribution in [0.2, 0.25) is 0 Å². The predicted molar refractivity (Wildman–Crippen MR) is 77.1 cm³/mol. The van der Waals surface area contributed by atoms with Crippen molar-refractivity contribution in [2.45, 2.75) is 26.7 Å². The molecule has 0 spiro atoms. The predicted octanol–water partition coefficient (Wildman–Crippen LogP) is 3.18. The molecule has 0 N–H and O–H groups in total. The highest BCUT2D eigenvalue weighted by atomic mass is 16.5. The summed E-state index contributed by atoms with van der Waals surface area (Å²) in [5.41, 5.74) is 2.25. The number of rotatable bonds is 8. The first-order valence-electron chi connectivity index (χ1n) is 6.99. The van der Waals surface area contributed by atoms with Crippen LogP contribution in [-0.4, -0.2) is 25.0 Å². The Balaban J connectivity index is 1.57. The smallest absolute Gasteiger partial charge is 0.133 e. The van der Waals surface area contributed by atoms with E-state index in [1.807, 2.05) is 25.1 Å². The minimum Gasteiger partial charge on any atom is -0.491 e. The zero-order valence-electron chi connectivity index (χ0n) is 12.1. The van der Waals surface area contributed by atoms with Crippen molar-refractivity contribution in [3.63, 3.8) is 0 Å². The van der Waals surface area contributed by atoms with Gasteiger partial charge in [0.15, 0.2) is 0 Å². The van der Waals surface area contributed by atoms with Gasteiger partial charge in [-0.1, -0.05) is 24.2 Å². The van der Waals surface area contributed by atoms with Crippen molar-refractivity contribution in [3.05, 3.63) is 47.3 Å². The number of benzene rings is 1. The maximum Gasteiger partial charge on any atom is 0.133 e. The fourth-order valence-corrected chi connectivity index (χ4v) is 1.85. The molecule has 1 aromatic heterocycles. The van der Waals surface area contributed by atoms with Gasteiger partial charge < -0.3 is 14.0 Å². The molecule has 0 atom stereocenters. The van der Waals surface area contributed by atoms with Gasteiger partial charge in [-0.3, -0.25) is 0 Å². The van der Waals surface area contributed by atoms with E-state index in [2.05, 4.69) is 24.2 Å². The Hall–Kier alpha value is -1.81. The molecular formula is C16H21NO3. The molecular weight excluding hydrogens is 254 g/mol. The summed E-state index contributed by atoms with van der Waals surface area (Å²) in [7, 11) is 0. The molecule has 0 aliphatic heterocycles. The van der Waals surface area contributed by atoms with Crippen LogP contribution in [0.15, 0.2) is 34.9 Å². The molecule has 0 fully saturated rings. The second-order valence-electron chi connectivity index (χ2n) is 4.64. The third kappa shape index (κ3) is 4.70. The van der Waals surface area contributed by atoms with Crippen LogP contribution in [0.4, 0.5) is 0 Å². The summed E-state index contributed by atoms with van der Waals surface area (Å²) in [6, 6.07) is 10.1. The Labute approximate surface area is 119 Å². The largest absolute Gasteiger partial charge is 0.491 e. The molecule has 0 bridgehead atoms. The van der Waals surface area contributed by atoms with E-state index in [0.29, 0.717) is 19.8 Å². The molecule has 0 aliphatic rings. The summed E-state index contributed by atoms with van der Waals surface area (Å²) in [6.45, 7) is 5.79. The van der Waals surface area contributed by atoms with Gasteiger partial charge in [0, 0.05) is 12.5 Å². The average Bonchev–Trinajstić information content (AvgIpc) is 2.89. The van der Waals surface area contributed by atoms with Crippen LogP contribution in [0.1, 0.15) is 23.9 Å². The maximum atomic E-state index is 5.60. The molecule has 2 rings (SSSR count). The highest BCUT2D eigenvalue weighted by Gasteiger charge is 2.00. The first-order valence-corrected chi connectivity index (χ1v) is 6.99. The van der Waals surface area contributed by atoms with E-state index >= 15 is 0 Å².